The Bertz CT molecular complexity index is 956. The van der Waals surface area contributed by atoms with E-state index in [2.05, 4.69) is 15.5 Å². The molecule has 4 rings (SSSR count). The van der Waals surface area contributed by atoms with Crippen molar-refractivity contribution in [2.45, 2.75) is 52.1 Å². The summed E-state index contributed by atoms with van der Waals surface area (Å²) in [5.41, 5.74) is 2.55. The minimum Gasteiger partial charge on any atom is -0.361 e. The molecule has 0 aromatic carbocycles. The number of hydrogen-bond donors (Lipinski definition) is 1. The SMILES string of the molecule is Cc1noc(C)c1CN1CCC(NC(=O)Cc2cn3ccsc3n2)CCC1=O. The van der Waals surface area contributed by atoms with Crippen molar-refractivity contribution in [1.82, 2.24) is 24.8 Å². The summed E-state index contributed by atoms with van der Waals surface area (Å²) >= 11 is 1.54. The lowest BCUT2D eigenvalue weighted by atomic mass is 10.1. The van der Waals surface area contributed by atoms with Gasteiger partial charge in [0.25, 0.3) is 0 Å². The van der Waals surface area contributed by atoms with Crippen LogP contribution >= 0.6 is 11.3 Å². The number of carbonyl (C=O) groups is 2. The van der Waals surface area contributed by atoms with E-state index in [0.717, 1.165) is 34.1 Å². The summed E-state index contributed by atoms with van der Waals surface area (Å²) in [6, 6.07) is -0.00477. The van der Waals surface area contributed by atoms with Crippen LogP contribution in [0.1, 0.15) is 42.0 Å². The van der Waals surface area contributed by atoms with E-state index in [4.69, 9.17) is 4.52 Å². The first-order valence-corrected chi connectivity index (χ1v) is 10.3. The van der Waals surface area contributed by atoms with E-state index < -0.39 is 0 Å². The van der Waals surface area contributed by atoms with Crippen molar-refractivity contribution in [2.75, 3.05) is 6.54 Å². The van der Waals surface area contributed by atoms with Gasteiger partial charge in [-0.15, -0.1) is 11.3 Å². The highest BCUT2D eigenvalue weighted by Crippen LogP contribution is 2.19. The van der Waals surface area contributed by atoms with Crippen LogP contribution in [0.3, 0.4) is 0 Å². The van der Waals surface area contributed by atoms with Crippen LogP contribution in [-0.4, -0.2) is 43.8 Å². The van der Waals surface area contributed by atoms with Crippen molar-refractivity contribution in [3.8, 4) is 0 Å². The maximum absolute atomic E-state index is 12.5. The van der Waals surface area contributed by atoms with Gasteiger partial charge >= 0.3 is 0 Å². The number of thiazole rings is 1. The standard InChI is InChI=1S/C19H23N5O3S/c1-12-16(13(2)27-22-12)11-23-6-5-14(3-4-18(23)26)20-17(25)9-15-10-24-7-8-28-19(24)21-15/h7-8,10,14H,3-6,9,11H2,1-2H3,(H,20,25). The Morgan fingerprint density at radius 2 is 2.25 bits per heavy atom. The number of amides is 2. The molecule has 1 N–H and O–H groups in total. The Labute approximate surface area is 166 Å². The molecular formula is C19H23N5O3S. The Balaban J connectivity index is 1.33. The molecule has 0 radical (unpaired) electrons. The molecule has 1 aliphatic rings. The number of hydrogen-bond acceptors (Lipinski definition) is 6. The second-order valence-electron chi connectivity index (χ2n) is 7.21. The van der Waals surface area contributed by atoms with Gasteiger partial charge in [0, 0.05) is 42.3 Å². The fourth-order valence-corrected chi connectivity index (χ4v) is 4.29. The van der Waals surface area contributed by atoms with Crippen LogP contribution in [-0.2, 0) is 22.6 Å². The summed E-state index contributed by atoms with van der Waals surface area (Å²) in [6.45, 7) is 4.86. The first-order chi connectivity index (χ1) is 13.5. The van der Waals surface area contributed by atoms with E-state index in [9.17, 15) is 9.59 Å². The molecule has 0 spiro atoms. The number of fused-ring (bicyclic) bond motifs is 1. The highest BCUT2D eigenvalue weighted by Gasteiger charge is 2.25. The summed E-state index contributed by atoms with van der Waals surface area (Å²) in [4.78, 5) is 32.1. The average molecular weight is 401 g/mol. The van der Waals surface area contributed by atoms with E-state index in [1.807, 2.05) is 40.9 Å². The van der Waals surface area contributed by atoms with Gasteiger partial charge in [-0.1, -0.05) is 5.16 Å². The summed E-state index contributed by atoms with van der Waals surface area (Å²) < 4.78 is 7.12. The van der Waals surface area contributed by atoms with Crippen molar-refractivity contribution >= 4 is 28.1 Å². The molecule has 0 bridgehead atoms. The van der Waals surface area contributed by atoms with Crippen LogP contribution in [0, 0.1) is 13.8 Å². The molecule has 4 heterocycles. The molecule has 1 atom stereocenters. The highest BCUT2D eigenvalue weighted by atomic mass is 32.1. The van der Waals surface area contributed by atoms with Crippen LogP contribution in [0.25, 0.3) is 4.96 Å². The van der Waals surface area contributed by atoms with Gasteiger partial charge < -0.3 is 14.7 Å². The van der Waals surface area contributed by atoms with Gasteiger partial charge in [-0.2, -0.15) is 0 Å². The number of nitrogens with zero attached hydrogens (tertiary/aromatic N) is 4. The molecule has 0 aliphatic carbocycles. The molecule has 1 saturated heterocycles. The zero-order valence-corrected chi connectivity index (χ0v) is 16.8. The van der Waals surface area contributed by atoms with Crippen molar-refractivity contribution in [3.05, 3.63) is 40.5 Å². The van der Waals surface area contributed by atoms with E-state index in [1.165, 1.54) is 0 Å². The molecule has 148 valence electrons. The van der Waals surface area contributed by atoms with Gasteiger partial charge in [-0.05, 0) is 26.7 Å². The van der Waals surface area contributed by atoms with E-state index in [0.29, 0.717) is 25.9 Å². The lowest BCUT2D eigenvalue weighted by Gasteiger charge is -2.21. The molecule has 1 fully saturated rings. The van der Waals surface area contributed by atoms with Gasteiger partial charge in [-0.25, -0.2) is 4.98 Å². The molecule has 9 heteroatoms. The Morgan fingerprint density at radius 1 is 1.39 bits per heavy atom. The molecule has 2 amide bonds. The smallest absolute Gasteiger partial charge is 0.226 e. The van der Waals surface area contributed by atoms with Crippen LogP contribution in [0.15, 0.2) is 22.3 Å². The number of imidazole rings is 1. The minimum absolute atomic E-state index is 0.00477. The lowest BCUT2D eigenvalue weighted by molar-refractivity contribution is -0.131. The zero-order valence-electron chi connectivity index (χ0n) is 16.0. The zero-order chi connectivity index (χ0) is 19.7. The quantitative estimate of drug-likeness (QED) is 0.708. The van der Waals surface area contributed by atoms with Gasteiger partial charge in [0.15, 0.2) is 4.96 Å². The normalized spacial score (nSPS) is 17.9. The Morgan fingerprint density at radius 3 is 3.00 bits per heavy atom. The monoisotopic (exact) mass is 401 g/mol. The highest BCUT2D eigenvalue weighted by molar-refractivity contribution is 7.15. The van der Waals surface area contributed by atoms with Crippen LogP contribution < -0.4 is 5.32 Å². The Hall–Kier alpha value is -2.68. The molecule has 1 aliphatic heterocycles. The molecule has 28 heavy (non-hydrogen) atoms. The maximum atomic E-state index is 12.5. The number of likely N-dealkylation sites (tertiary alicyclic amines) is 1. The van der Waals surface area contributed by atoms with Crippen molar-refractivity contribution in [1.29, 1.82) is 0 Å². The molecule has 3 aromatic heterocycles. The fourth-order valence-electron chi connectivity index (χ4n) is 3.57. The Kier molecular flexibility index (Phi) is 5.17. The largest absolute Gasteiger partial charge is 0.361 e. The molecule has 8 nitrogen and oxygen atoms in total. The maximum Gasteiger partial charge on any atom is 0.226 e. The second kappa shape index (κ2) is 7.75. The van der Waals surface area contributed by atoms with E-state index in [1.54, 1.807) is 11.3 Å². The molecule has 1 unspecified atom stereocenters. The molecular weight excluding hydrogens is 378 g/mol. The van der Waals surface area contributed by atoms with Crippen molar-refractivity contribution in [2.24, 2.45) is 0 Å². The predicted molar refractivity (Wildman–Crippen MR) is 104 cm³/mol. The third-order valence-electron chi connectivity index (χ3n) is 5.19. The number of rotatable bonds is 5. The van der Waals surface area contributed by atoms with Crippen LogP contribution in [0.2, 0.25) is 0 Å². The fraction of sp³-hybridized carbons (Fsp3) is 0.474. The topological polar surface area (TPSA) is 92.7 Å². The van der Waals surface area contributed by atoms with Gasteiger partial charge in [0.1, 0.15) is 5.76 Å². The van der Waals surface area contributed by atoms with Gasteiger partial charge in [0.2, 0.25) is 11.8 Å². The number of carbonyl (C=O) groups excluding carboxylic acids is 2. The third kappa shape index (κ3) is 3.94. The predicted octanol–water partition coefficient (Wildman–Crippen LogP) is 2.24. The summed E-state index contributed by atoms with van der Waals surface area (Å²) in [7, 11) is 0. The lowest BCUT2D eigenvalue weighted by Crippen LogP contribution is -2.36. The summed E-state index contributed by atoms with van der Waals surface area (Å²) in [5, 5.41) is 8.99. The first kappa shape index (κ1) is 18.7. The molecule has 0 saturated carbocycles. The van der Waals surface area contributed by atoms with E-state index >= 15 is 0 Å². The van der Waals surface area contributed by atoms with Gasteiger partial charge in [-0.3, -0.25) is 14.0 Å². The number of aryl methyl sites for hydroxylation is 2. The van der Waals surface area contributed by atoms with Crippen LogP contribution in [0.4, 0.5) is 0 Å². The van der Waals surface area contributed by atoms with E-state index in [-0.39, 0.29) is 24.3 Å². The van der Waals surface area contributed by atoms with Crippen molar-refractivity contribution in [3.63, 3.8) is 0 Å². The minimum atomic E-state index is -0.0534. The summed E-state index contributed by atoms with van der Waals surface area (Å²) in [6.07, 6.45) is 5.88. The van der Waals surface area contributed by atoms with Crippen LogP contribution in [0.5, 0.6) is 0 Å². The van der Waals surface area contributed by atoms with Gasteiger partial charge in [0.05, 0.1) is 24.4 Å². The molecule has 3 aromatic rings. The first-order valence-electron chi connectivity index (χ1n) is 9.39. The number of nitrogens with one attached hydrogen (secondary N) is 1. The number of aromatic nitrogens is 3. The average Bonchev–Trinajstić information content (AvgIpc) is 3.29. The second-order valence-corrected chi connectivity index (χ2v) is 8.08. The third-order valence-corrected chi connectivity index (χ3v) is 5.96. The van der Waals surface area contributed by atoms with Crippen molar-refractivity contribution < 1.29 is 14.1 Å². The summed E-state index contributed by atoms with van der Waals surface area (Å²) in [5.74, 6) is 0.799.